The fourth-order valence-electron chi connectivity index (χ4n) is 1.99. The summed E-state index contributed by atoms with van der Waals surface area (Å²) in [5.74, 6) is 0. The predicted molar refractivity (Wildman–Crippen MR) is 62.4 cm³/mol. The molecule has 0 heterocycles. The Morgan fingerprint density at radius 2 is 2.07 bits per heavy atom. The number of nitrogens with one attached hydrogen (secondary N) is 1. The van der Waals surface area contributed by atoms with Gasteiger partial charge in [0.1, 0.15) is 0 Å². The first-order valence-corrected chi connectivity index (χ1v) is 6.18. The van der Waals surface area contributed by atoms with E-state index in [-0.39, 0.29) is 5.54 Å². The third kappa shape index (κ3) is 3.97. The SMILES string of the molecule is CCCCCC(C)NCC1(N)CCC1. The van der Waals surface area contributed by atoms with Gasteiger partial charge in [0.2, 0.25) is 0 Å². The van der Waals surface area contributed by atoms with Gasteiger partial charge >= 0.3 is 0 Å². The maximum absolute atomic E-state index is 6.14. The second-order valence-electron chi connectivity index (χ2n) is 4.99. The van der Waals surface area contributed by atoms with E-state index in [9.17, 15) is 0 Å². The average molecular weight is 198 g/mol. The first kappa shape index (κ1) is 12.0. The van der Waals surface area contributed by atoms with Crippen molar-refractivity contribution in [2.45, 2.75) is 70.4 Å². The number of hydrogen-bond acceptors (Lipinski definition) is 2. The number of unbranched alkanes of at least 4 members (excludes halogenated alkanes) is 2. The Hall–Kier alpha value is -0.0800. The van der Waals surface area contributed by atoms with E-state index in [4.69, 9.17) is 5.73 Å². The molecule has 1 saturated carbocycles. The Labute approximate surface area is 88.6 Å². The average Bonchev–Trinajstić information content (AvgIpc) is 2.12. The van der Waals surface area contributed by atoms with Crippen molar-refractivity contribution >= 4 is 0 Å². The molecule has 0 aromatic rings. The molecule has 3 N–H and O–H groups in total. The molecule has 1 aliphatic rings. The van der Waals surface area contributed by atoms with Gasteiger partial charge < -0.3 is 11.1 Å². The lowest BCUT2D eigenvalue weighted by molar-refractivity contribution is 0.230. The summed E-state index contributed by atoms with van der Waals surface area (Å²) in [6.07, 6.45) is 9.06. The van der Waals surface area contributed by atoms with Crippen LogP contribution in [0, 0.1) is 0 Å². The molecule has 0 aliphatic heterocycles. The van der Waals surface area contributed by atoms with Gasteiger partial charge in [-0.15, -0.1) is 0 Å². The van der Waals surface area contributed by atoms with Gasteiger partial charge in [0.25, 0.3) is 0 Å². The second kappa shape index (κ2) is 5.72. The van der Waals surface area contributed by atoms with Crippen LogP contribution in [-0.2, 0) is 0 Å². The third-order valence-corrected chi connectivity index (χ3v) is 3.39. The van der Waals surface area contributed by atoms with Crippen LogP contribution in [0.25, 0.3) is 0 Å². The van der Waals surface area contributed by atoms with Gasteiger partial charge in [0.15, 0.2) is 0 Å². The van der Waals surface area contributed by atoms with E-state index in [1.165, 1.54) is 44.9 Å². The fraction of sp³-hybridized carbons (Fsp3) is 1.00. The zero-order chi connectivity index (χ0) is 10.4. The lowest BCUT2D eigenvalue weighted by atomic mass is 9.77. The molecule has 14 heavy (non-hydrogen) atoms. The lowest BCUT2D eigenvalue weighted by Crippen LogP contribution is -2.55. The molecule has 2 heteroatoms. The molecule has 84 valence electrons. The highest BCUT2D eigenvalue weighted by Crippen LogP contribution is 2.28. The summed E-state index contributed by atoms with van der Waals surface area (Å²) in [5.41, 5.74) is 6.28. The standard InChI is InChI=1S/C12H26N2/c1-3-4-5-7-11(2)14-10-12(13)8-6-9-12/h11,14H,3-10,13H2,1-2H3. The first-order valence-electron chi connectivity index (χ1n) is 6.18. The highest BCUT2D eigenvalue weighted by molar-refractivity contribution is 4.94. The second-order valence-corrected chi connectivity index (χ2v) is 4.99. The predicted octanol–water partition coefficient (Wildman–Crippen LogP) is 2.43. The molecule has 1 fully saturated rings. The van der Waals surface area contributed by atoms with Crippen LogP contribution in [0.15, 0.2) is 0 Å². The molecule has 0 spiro atoms. The van der Waals surface area contributed by atoms with Crippen molar-refractivity contribution in [3.05, 3.63) is 0 Å². The largest absolute Gasteiger partial charge is 0.324 e. The highest BCUT2D eigenvalue weighted by Gasteiger charge is 2.32. The zero-order valence-corrected chi connectivity index (χ0v) is 9.81. The Morgan fingerprint density at radius 3 is 2.57 bits per heavy atom. The maximum Gasteiger partial charge on any atom is 0.0280 e. The van der Waals surface area contributed by atoms with Gasteiger partial charge in [-0.25, -0.2) is 0 Å². The van der Waals surface area contributed by atoms with Gasteiger partial charge in [-0.1, -0.05) is 26.2 Å². The normalized spacial score (nSPS) is 21.6. The van der Waals surface area contributed by atoms with Crippen LogP contribution in [0.2, 0.25) is 0 Å². The van der Waals surface area contributed by atoms with E-state index in [2.05, 4.69) is 19.2 Å². The van der Waals surface area contributed by atoms with Crippen molar-refractivity contribution in [2.75, 3.05) is 6.54 Å². The number of nitrogens with two attached hydrogens (primary N) is 1. The maximum atomic E-state index is 6.14. The van der Waals surface area contributed by atoms with Crippen LogP contribution < -0.4 is 11.1 Å². The van der Waals surface area contributed by atoms with Crippen LogP contribution in [0.5, 0.6) is 0 Å². The summed E-state index contributed by atoms with van der Waals surface area (Å²) in [4.78, 5) is 0. The van der Waals surface area contributed by atoms with Crippen molar-refractivity contribution in [3.8, 4) is 0 Å². The minimum absolute atomic E-state index is 0.138. The van der Waals surface area contributed by atoms with E-state index in [0.29, 0.717) is 6.04 Å². The fourth-order valence-corrected chi connectivity index (χ4v) is 1.99. The molecule has 2 nitrogen and oxygen atoms in total. The lowest BCUT2D eigenvalue weighted by Gasteiger charge is -2.39. The van der Waals surface area contributed by atoms with Crippen LogP contribution >= 0.6 is 0 Å². The Balaban J connectivity index is 1.99. The molecule has 1 aliphatic carbocycles. The number of hydrogen-bond donors (Lipinski definition) is 2. The molecule has 0 aromatic heterocycles. The minimum Gasteiger partial charge on any atom is -0.324 e. The van der Waals surface area contributed by atoms with Crippen molar-refractivity contribution < 1.29 is 0 Å². The molecular formula is C12H26N2. The van der Waals surface area contributed by atoms with Gasteiger partial charge in [-0.2, -0.15) is 0 Å². The van der Waals surface area contributed by atoms with E-state index in [0.717, 1.165) is 6.54 Å². The Morgan fingerprint density at radius 1 is 1.36 bits per heavy atom. The molecule has 1 unspecified atom stereocenters. The van der Waals surface area contributed by atoms with Crippen molar-refractivity contribution in [2.24, 2.45) is 5.73 Å². The van der Waals surface area contributed by atoms with Gasteiger partial charge in [-0.05, 0) is 32.6 Å². The molecule has 0 radical (unpaired) electrons. The van der Waals surface area contributed by atoms with Gasteiger partial charge in [0.05, 0.1) is 0 Å². The van der Waals surface area contributed by atoms with E-state index in [1.807, 2.05) is 0 Å². The van der Waals surface area contributed by atoms with Crippen LogP contribution in [0.4, 0.5) is 0 Å². The summed E-state index contributed by atoms with van der Waals surface area (Å²) < 4.78 is 0. The minimum atomic E-state index is 0.138. The molecule has 1 atom stereocenters. The van der Waals surface area contributed by atoms with Crippen molar-refractivity contribution in [1.82, 2.24) is 5.32 Å². The Kier molecular flexibility index (Phi) is 4.90. The quantitative estimate of drug-likeness (QED) is 0.617. The van der Waals surface area contributed by atoms with Crippen LogP contribution in [0.1, 0.15) is 58.8 Å². The van der Waals surface area contributed by atoms with E-state index < -0.39 is 0 Å². The first-order chi connectivity index (χ1) is 6.66. The highest BCUT2D eigenvalue weighted by atomic mass is 15.0. The molecule has 0 aromatic carbocycles. The summed E-state index contributed by atoms with van der Waals surface area (Å²) >= 11 is 0. The van der Waals surface area contributed by atoms with E-state index in [1.54, 1.807) is 0 Å². The summed E-state index contributed by atoms with van der Waals surface area (Å²) in [5, 5.41) is 3.56. The summed E-state index contributed by atoms with van der Waals surface area (Å²) in [6.45, 7) is 5.54. The van der Waals surface area contributed by atoms with E-state index >= 15 is 0 Å². The van der Waals surface area contributed by atoms with Gasteiger partial charge in [0, 0.05) is 18.1 Å². The molecular weight excluding hydrogens is 172 g/mol. The zero-order valence-electron chi connectivity index (χ0n) is 9.81. The van der Waals surface area contributed by atoms with Crippen LogP contribution in [-0.4, -0.2) is 18.1 Å². The van der Waals surface area contributed by atoms with Crippen molar-refractivity contribution in [3.63, 3.8) is 0 Å². The summed E-state index contributed by atoms with van der Waals surface area (Å²) in [7, 11) is 0. The molecule has 0 saturated heterocycles. The van der Waals surface area contributed by atoms with Gasteiger partial charge in [-0.3, -0.25) is 0 Å². The monoisotopic (exact) mass is 198 g/mol. The van der Waals surface area contributed by atoms with Crippen molar-refractivity contribution in [1.29, 1.82) is 0 Å². The molecule has 0 bridgehead atoms. The Bertz CT molecular complexity index is 152. The summed E-state index contributed by atoms with van der Waals surface area (Å²) in [6, 6.07) is 0.641. The third-order valence-electron chi connectivity index (χ3n) is 3.39. The molecule has 1 rings (SSSR count). The number of rotatable bonds is 7. The molecule has 0 amide bonds. The smallest absolute Gasteiger partial charge is 0.0280 e. The topological polar surface area (TPSA) is 38.0 Å². The van der Waals surface area contributed by atoms with Crippen LogP contribution in [0.3, 0.4) is 0 Å².